The van der Waals surface area contributed by atoms with Gasteiger partial charge in [-0.25, -0.2) is 9.79 Å². The molecule has 0 aliphatic carbocycles. The maximum atomic E-state index is 12.2. The van der Waals surface area contributed by atoms with E-state index in [1.54, 1.807) is 13.0 Å². The summed E-state index contributed by atoms with van der Waals surface area (Å²) in [4.78, 5) is 28.1. The lowest BCUT2D eigenvalue weighted by Gasteiger charge is -2.11. The molecule has 0 spiro atoms. The summed E-state index contributed by atoms with van der Waals surface area (Å²) in [6.07, 6.45) is 1.99. The first-order valence-electron chi connectivity index (χ1n) is 8.79. The number of carbonyl (C=O) groups excluding carboxylic acids is 2. The fourth-order valence-corrected chi connectivity index (χ4v) is 2.80. The zero-order valence-electron chi connectivity index (χ0n) is 15.8. The predicted octanol–water partition coefficient (Wildman–Crippen LogP) is 4.27. The summed E-state index contributed by atoms with van der Waals surface area (Å²) >= 11 is 0. The van der Waals surface area contributed by atoms with Gasteiger partial charge in [0.25, 0.3) is 0 Å². The van der Waals surface area contributed by atoms with Crippen LogP contribution in [0, 0.1) is 20.8 Å². The highest BCUT2D eigenvalue weighted by Crippen LogP contribution is 2.27. The number of hydrogen-bond acceptors (Lipinski definition) is 5. The van der Waals surface area contributed by atoms with Crippen molar-refractivity contribution in [2.24, 2.45) is 4.99 Å². The maximum Gasteiger partial charge on any atom is 0.363 e. The fraction of sp³-hybridized carbons (Fsp3) is 0.227. The zero-order chi connectivity index (χ0) is 19.6. The third-order valence-electron chi connectivity index (χ3n) is 4.21. The Morgan fingerprint density at radius 2 is 1.74 bits per heavy atom. The van der Waals surface area contributed by atoms with Crippen LogP contribution in [0.4, 0.5) is 0 Å². The van der Waals surface area contributed by atoms with Gasteiger partial charge in [-0.2, -0.15) is 0 Å². The number of esters is 2. The number of nitrogens with zero attached hydrogens (tertiary/aromatic N) is 1. The van der Waals surface area contributed by atoms with E-state index in [1.807, 2.05) is 57.2 Å². The van der Waals surface area contributed by atoms with Crippen LogP contribution in [0.5, 0.6) is 5.75 Å². The molecule has 27 heavy (non-hydrogen) atoms. The summed E-state index contributed by atoms with van der Waals surface area (Å²) in [5.74, 6) is 0.0939. The lowest BCUT2D eigenvalue weighted by atomic mass is 10.0. The van der Waals surface area contributed by atoms with E-state index in [0.29, 0.717) is 18.1 Å². The van der Waals surface area contributed by atoms with E-state index in [-0.39, 0.29) is 11.7 Å². The number of hydrogen-bond donors (Lipinski definition) is 0. The van der Waals surface area contributed by atoms with Crippen LogP contribution in [0.15, 0.2) is 47.1 Å². The standard InChI is InChI=1S/C22H21NO4/c1-5-19(24)26-20-14(3)10-16(11-15(20)4)12-18-22(25)27-21(23-18)17-8-6-13(2)7-9-17/h6-12H,5H2,1-4H3. The molecule has 0 saturated carbocycles. The van der Waals surface area contributed by atoms with Gasteiger partial charge in [-0.15, -0.1) is 0 Å². The SMILES string of the molecule is CCC(=O)Oc1c(C)cc(C=C2N=C(c3ccc(C)cc3)OC2=O)cc1C. The molecule has 1 aliphatic rings. The highest BCUT2D eigenvalue weighted by molar-refractivity contribution is 6.12. The van der Waals surface area contributed by atoms with E-state index in [1.165, 1.54) is 0 Å². The number of aryl methyl sites for hydroxylation is 3. The molecule has 5 heteroatoms. The summed E-state index contributed by atoms with van der Waals surface area (Å²) in [5.41, 5.74) is 4.54. The molecular weight excluding hydrogens is 342 g/mol. The molecule has 0 unspecified atom stereocenters. The van der Waals surface area contributed by atoms with Gasteiger partial charge in [-0.1, -0.05) is 24.6 Å². The lowest BCUT2D eigenvalue weighted by molar-refractivity contribution is -0.134. The van der Waals surface area contributed by atoms with Crippen molar-refractivity contribution in [3.05, 3.63) is 69.9 Å². The Labute approximate surface area is 158 Å². The van der Waals surface area contributed by atoms with Gasteiger partial charge >= 0.3 is 11.9 Å². The van der Waals surface area contributed by atoms with E-state index in [2.05, 4.69) is 4.99 Å². The maximum absolute atomic E-state index is 12.2. The highest BCUT2D eigenvalue weighted by atomic mass is 16.6. The van der Waals surface area contributed by atoms with E-state index in [4.69, 9.17) is 9.47 Å². The second-order valence-electron chi connectivity index (χ2n) is 6.51. The first kappa shape index (κ1) is 18.6. The fourth-order valence-electron chi connectivity index (χ4n) is 2.80. The van der Waals surface area contributed by atoms with Crippen LogP contribution < -0.4 is 4.74 Å². The molecule has 5 nitrogen and oxygen atoms in total. The van der Waals surface area contributed by atoms with Crippen LogP contribution in [0.3, 0.4) is 0 Å². The van der Waals surface area contributed by atoms with Crippen molar-refractivity contribution in [3.8, 4) is 5.75 Å². The van der Waals surface area contributed by atoms with Gasteiger partial charge in [0.15, 0.2) is 5.70 Å². The minimum absolute atomic E-state index is 0.239. The molecule has 138 valence electrons. The molecule has 0 aromatic heterocycles. The summed E-state index contributed by atoms with van der Waals surface area (Å²) < 4.78 is 10.7. The normalized spacial score (nSPS) is 14.9. The number of carbonyl (C=O) groups is 2. The van der Waals surface area contributed by atoms with Crippen molar-refractivity contribution in [1.82, 2.24) is 0 Å². The van der Waals surface area contributed by atoms with Crippen LogP contribution >= 0.6 is 0 Å². The third kappa shape index (κ3) is 4.14. The average Bonchev–Trinajstić information content (AvgIpc) is 2.99. The summed E-state index contributed by atoms with van der Waals surface area (Å²) in [7, 11) is 0. The Balaban J connectivity index is 1.90. The molecule has 0 radical (unpaired) electrons. The molecule has 0 saturated heterocycles. The largest absolute Gasteiger partial charge is 0.426 e. The smallest absolute Gasteiger partial charge is 0.363 e. The Morgan fingerprint density at radius 1 is 1.11 bits per heavy atom. The predicted molar refractivity (Wildman–Crippen MR) is 104 cm³/mol. The second-order valence-corrected chi connectivity index (χ2v) is 6.51. The molecule has 0 amide bonds. The van der Waals surface area contributed by atoms with Crippen LogP contribution in [0.25, 0.3) is 6.08 Å². The molecule has 0 bridgehead atoms. The molecule has 3 rings (SSSR count). The topological polar surface area (TPSA) is 65.0 Å². The van der Waals surface area contributed by atoms with Crippen LogP contribution in [-0.2, 0) is 14.3 Å². The number of rotatable bonds is 4. The highest BCUT2D eigenvalue weighted by Gasteiger charge is 2.24. The Morgan fingerprint density at radius 3 is 2.33 bits per heavy atom. The number of ether oxygens (including phenoxy) is 2. The molecule has 0 fully saturated rings. The number of benzene rings is 2. The van der Waals surface area contributed by atoms with Gasteiger partial charge in [0.2, 0.25) is 5.90 Å². The van der Waals surface area contributed by atoms with Crippen LogP contribution in [0.2, 0.25) is 0 Å². The molecule has 2 aromatic carbocycles. The van der Waals surface area contributed by atoms with E-state index < -0.39 is 5.97 Å². The van der Waals surface area contributed by atoms with Gasteiger partial charge < -0.3 is 9.47 Å². The average molecular weight is 363 g/mol. The van der Waals surface area contributed by atoms with E-state index >= 15 is 0 Å². The quantitative estimate of drug-likeness (QED) is 0.462. The second kappa shape index (κ2) is 7.58. The summed E-state index contributed by atoms with van der Waals surface area (Å²) in [5, 5.41) is 0. The van der Waals surface area contributed by atoms with E-state index in [0.717, 1.165) is 27.8 Å². The van der Waals surface area contributed by atoms with Crippen molar-refractivity contribution in [1.29, 1.82) is 0 Å². The van der Waals surface area contributed by atoms with Gasteiger partial charge in [0.1, 0.15) is 5.75 Å². The van der Waals surface area contributed by atoms with Gasteiger partial charge in [-0.05, 0) is 67.8 Å². The van der Waals surface area contributed by atoms with Crippen LogP contribution in [-0.4, -0.2) is 17.8 Å². The number of cyclic esters (lactones) is 1. The van der Waals surface area contributed by atoms with E-state index in [9.17, 15) is 9.59 Å². The molecule has 1 heterocycles. The monoisotopic (exact) mass is 363 g/mol. The Bertz CT molecular complexity index is 945. The Hall–Kier alpha value is -3.21. The Kier molecular flexibility index (Phi) is 5.21. The molecule has 2 aromatic rings. The number of aliphatic imine (C=N–C) groups is 1. The van der Waals surface area contributed by atoms with Crippen LogP contribution in [0.1, 0.15) is 41.2 Å². The van der Waals surface area contributed by atoms with Crippen molar-refractivity contribution in [2.45, 2.75) is 34.1 Å². The lowest BCUT2D eigenvalue weighted by Crippen LogP contribution is -2.08. The minimum Gasteiger partial charge on any atom is -0.426 e. The van der Waals surface area contributed by atoms with Crippen molar-refractivity contribution >= 4 is 23.9 Å². The van der Waals surface area contributed by atoms with Crippen molar-refractivity contribution in [2.75, 3.05) is 0 Å². The summed E-state index contributed by atoms with van der Waals surface area (Å²) in [6, 6.07) is 11.3. The third-order valence-corrected chi connectivity index (χ3v) is 4.21. The van der Waals surface area contributed by atoms with Gasteiger partial charge in [-0.3, -0.25) is 4.79 Å². The molecule has 1 aliphatic heterocycles. The summed E-state index contributed by atoms with van der Waals surface area (Å²) in [6.45, 7) is 7.47. The van der Waals surface area contributed by atoms with Gasteiger partial charge in [0.05, 0.1) is 0 Å². The first-order chi connectivity index (χ1) is 12.9. The van der Waals surface area contributed by atoms with Gasteiger partial charge in [0, 0.05) is 12.0 Å². The molecule has 0 N–H and O–H groups in total. The zero-order valence-corrected chi connectivity index (χ0v) is 15.8. The first-order valence-corrected chi connectivity index (χ1v) is 8.79. The van der Waals surface area contributed by atoms with Crippen molar-refractivity contribution in [3.63, 3.8) is 0 Å². The van der Waals surface area contributed by atoms with Crippen molar-refractivity contribution < 1.29 is 19.1 Å². The molecular formula is C22H21NO4. The minimum atomic E-state index is -0.484. The molecule has 0 atom stereocenters.